The van der Waals surface area contributed by atoms with Gasteiger partial charge in [0, 0.05) is 0 Å². The van der Waals surface area contributed by atoms with Crippen molar-refractivity contribution in [2.24, 2.45) is 0 Å². The van der Waals surface area contributed by atoms with Crippen molar-refractivity contribution < 1.29 is 9.53 Å². The van der Waals surface area contributed by atoms with E-state index in [1.165, 1.54) is 5.56 Å². The van der Waals surface area contributed by atoms with Crippen LogP contribution in [0.5, 0.6) is 5.75 Å². The van der Waals surface area contributed by atoms with Crippen molar-refractivity contribution in [3.8, 4) is 5.75 Å². The molecule has 1 aliphatic rings. The molecule has 4 aromatic rings. The van der Waals surface area contributed by atoms with Gasteiger partial charge in [0.2, 0.25) is 0 Å². The molecule has 1 atom stereocenters. The number of aryl methyl sites for hydroxylation is 1. The molecule has 0 saturated heterocycles. The van der Waals surface area contributed by atoms with E-state index in [-0.39, 0.29) is 17.6 Å². The number of para-hydroxylation sites is 2. The number of hydrogen-bond acceptors (Lipinski definition) is 3. The second-order valence-electron chi connectivity index (χ2n) is 8.79. The Bertz CT molecular complexity index is 1220. The molecule has 0 radical (unpaired) electrons. The zero-order valence-corrected chi connectivity index (χ0v) is 18.9. The Hall–Kier alpha value is -3.80. The first-order valence-corrected chi connectivity index (χ1v) is 11.3. The monoisotopic (exact) mass is 440 g/mol. The number of ether oxygens (including phenoxy) is 1. The fraction of sp³-hybridized carbons (Fsp3) is 0.259. The van der Waals surface area contributed by atoms with Crippen LogP contribution in [0.3, 0.4) is 0 Å². The Kier molecular flexibility index (Phi) is 5.50. The van der Waals surface area contributed by atoms with Crippen LogP contribution in [0.4, 0.5) is 4.79 Å². The summed E-state index contributed by atoms with van der Waals surface area (Å²) in [7, 11) is 1.65. The summed E-state index contributed by atoms with van der Waals surface area (Å²) in [5.74, 6) is 1.54. The number of imidazole rings is 1. The van der Waals surface area contributed by atoms with Crippen LogP contribution in [0.15, 0.2) is 72.8 Å². The molecule has 0 spiro atoms. The number of urea groups is 1. The number of methoxy groups -OCH3 is 1. The minimum atomic E-state index is -0.306. The van der Waals surface area contributed by atoms with Crippen LogP contribution >= 0.6 is 0 Å². The smallest absolute Gasteiger partial charge is 0.316 e. The highest BCUT2D eigenvalue weighted by Crippen LogP contribution is 2.45. The number of carbonyl (C=O) groups is 1. The zero-order valence-electron chi connectivity index (χ0n) is 18.9. The van der Waals surface area contributed by atoms with Crippen molar-refractivity contribution in [3.63, 3.8) is 0 Å². The average Bonchev–Trinajstić information content (AvgIpc) is 3.47. The fourth-order valence-electron chi connectivity index (χ4n) is 4.25. The molecular weight excluding hydrogens is 412 g/mol. The summed E-state index contributed by atoms with van der Waals surface area (Å²) >= 11 is 0. The van der Waals surface area contributed by atoms with Crippen molar-refractivity contribution in [2.45, 2.75) is 37.8 Å². The third kappa shape index (κ3) is 4.55. The molecule has 0 aliphatic heterocycles. The average molecular weight is 441 g/mol. The van der Waals surface area contributed by atoms with Crippen LogP contribution in [0.25, 0.3) is 11.0 Å². The number of aromatic nitrogens is 2. The van der Waals surface area contributed by atoms with Crippen LogP contribution < -0.4 is 15.4 Å². The Morgan fingerprint density at radius 3 is 2.45 bits per heavy atom. The Morgan fingerprint density at radius 2 is 1.79 bits per heavy atom. The van der Waals surface area contributed by atoms with Crippen molar-refractivity contribution in [2.75, 3.05) is 7.11 Å². The van der Waals surface area contributed by atoms with Gasteiger partial charge in [-0.1, -0.05) is 54.1 Å². The van der Waals surface area contributed by atoms with Gasteiger partial charge in [0.1, 0.15) is 11.6 Å². The molecule has 0 bridgehead atoms. The first kappa shape index (κ1) is 21.1. The molecule has 6 heteroatoms. The van der Waals surface area contributed by atoms with Crippen molar-refractivity contribution in [1.82, 2.24) is 20.6 Å². The van der Waals surface area contributed by atoms with Gasteiger partial charge in [-0.05, 0) is 61.6 Å². The van der Waals surface area contributed by atoms with Gasteiger partial charge in [0.05, 0.1) is 29.7 Å². The van der Waals surface area contributed by atoms with Gasteiger partial charge in [-0.3, -0.25) is 0 Å². The highest BCUT2D eigenvalue weighted by Gasteiger charge is 2.45. The number of H-pyrrole nitrogens is 1. The van der Waals surface area contributed by atoms with Crippen molar-refractivity contribution in [3.05, 3.63) is 95.3 Å². The lowest BCUT2D eigenvalue weighted by Crippen LogP contribution is -2.44. The molecule has 5 rings (SSSR count). The van der Waals surface area contributed by atoms with Crippen LogP contribution in [0, 0.1) is 6.92 Å². The third-order valence-electron chi connectivity index (χ3n) is 6.35. The van der Waals surface area contributed by atoms with E-state index >= 15 is 0 Å². The molecule has 2 amide bonds. The standard InChI is InChI=1S/C27H28N4O2/c1-18-7-11-20(12-8-18)27(15-16-27)31-26(32)30-24(17-19-9-13-21(33-2)14-10-19)25-28-22-5-3-4-6-23(22)29-25/h3-14,24H,15-17H2,1-2H3,(H,28,29)(H2,30,31,32). The quantitative estimate of drug-likeness (QED) is 0.372. The Labute approximate surface area is 193 Å². The van der Waals surface area contributed by atoms with E-state index in [1.54, 1.807) is 7.11 Å². The SMILES string of the molecule is COc1ccc(CC(NC(=O)NC2(c3ccc(C)cc3)CC2)c2nc3ccccc3[nH]2)cc1. The summed E-state index contributed by atoms with van der Waals surface area (Å²) < 4.78 is 5.28. The molecule has 1 aliphatic carbocycles. The molecule has 33 heavy (non-hydrogen) atoms. The van der Waals surface area contributed by atoms with E-state index in [4.69, 9.17) is 9.72 Å². The minimum absolute atomic E-state index is 0.188. The number of carbonyl (C=O) groups excluding carboxylic acids is 1. The second-order valence-corrected chi connectivity index (χ2v) is 8.79. The van der Waals surface area contributed by atoms with Crippen LogP contribution in [0.2, 0.25) is 0 Å². The molecule has 3 aromatic carbocycles. The van der Waals surface area contributed by atoms with Crippen molar-refractivity contribution >= 4 is 17.1 Å². The minimum Gasteiger partial charge on any atom is -0.497 e. The maximum Gasteiger partial charge on any atom is 0.316 e. The molecule has 1 fully saturated rings. The molecule has 1 aromatic heterocycles. The lowest BCUT2D eigenvalue weighted by Gasteiger charge is -2.22. The Morgan fingerprint density at radius 1 is 1.06 bits per heavy atom. The van der Waals surface area contributed by atoms with Gasteiger partial charge < -0.3 is 20.4 Å². The van der Waals surface area contributed by atoms with E-state index in [9.17, 15) is 4.79 Å². The molecular formula is C27H28N4O2. The predicted octanol–water partition coefficient (Wildman–Crippen LogP) is 5.15. The topological polar surface area (TPSA) is 79.0 Å². The fourth-order valence-corrected chi connectivity index (χ4v) is 4.25. The molecule has 3 N–H and O–H groups in total. The van der Waals surface area contributed by atoms with Crippen molar-refractivity contribution in [1.29, 1.82) is 0 Å². The first-order chi connectivity index (χ1) is 16.0. The van der Waals surface area contributed by atoms with Gasteiger partial charge in [0.15, 0.2) is 0 Å². The number of benzene rings is 3. The Balaban J connectivity index is 1.37. The number of nitrogens with one attached hydrogen (secondary N) is 3. The lowest BCUT2D eigenvalue weighted by molar-refractivity contribution is 0.231. The highest BCUT2D eigenvalue weighted by molar-refractivity contribution is 5.77. The normalized spacial score (nSPS) is 15.1. The second kappa shape index (κ2) is 8.62. The number of fused-ring (bicyclic) bond motifs is 1. The number of nitrogens with zero attached hydrogens (tertiary/aromatic N) is 1. The highest BCUT2D eigenvalue weighted by atomic mass is 16.5. The maximum absolute atomic E-state index is 13.1. The van der Waals surface area contributed by atoms with E-state index in [2.05, 4.69) is 46.8 Å². The maximum atomic E-state index is 13.1. The van der Waals surface area contributed by atoms with E-state index in [0.717, 1.165) is 46.6 Å². The molecule has 1 saturated carbocycles. The number of rotatable bonds is 7. The van der Waals surface area contributed by atoms with Crippen LogP contribution in [0.1, 0.15) is 41.4 Å². The summed E-state index contributed by atoms with van der Waals surface area (Å²) in [5, 5.41) is 6.40. The number of amides is 2. The summed E-state index contributed by atoms with van der Waals surface area (Å²) in [5.41, 5.74) is 5.00. The first-order valence-electron chi connectivity index (χ1n) is 11.3. The van der Waals surface area contributed by atoms with E-state index < -0.39 is 0 Å². The van der Waals surface area contributed by atoms with Gasteiger partial charge in [0.25, 0.3) is 0 Å². The van der Waals surface area contributed by atoms with Gasteiger partial charge in [-0.2, -0.15) is 0 Å². The summed E-state index contributed by atoms with van der Waals surface area (Å²) in [6, 6.07) is 23.7. The van der Waals surface area contributed by atoms with Crippen LogP contribution in [-0.4, -0.2) is 23.1 Å². The summed E-state index contributed by atoms with van der Waals surface area (Å²) in [6.07, 6.45) is 2.49. The third-order valence-corrected chi connectivity index (χ3v) is 6.35. The number of aromatic amines is 1. The summed E-state index contributed by atoms with van der Waals surface area (Å²) in [4.78, 5) is 21.3. The van der Waals surface area contributed by atoms with Gasteiger partial charge in [-0.15, -0.1) is 0 Å². The van der Waals surface area contributed by atoms with E-state index in [0.29, 0.717) is 6.42 Å². The lowest BCUT2D eigenvalue weighted by atomic mass is 10.0. The molecule has 6 nitrogen and oxygen atoms in total. The van der Waals surface area contributed by atoms with E-state index in [1.807, 2.05) is 48.5 Å². The zero-order chi connectivity index (χ0) is 22.8. The van der Waals surface area contributed by atoms with Gasteiger partial charge in [-0.25, -0.2) is 9.78 Å². The largest absolute Gasteiger partial charge is 0.497 e. The number of hydrogen-bond donors (Lipinski definition) is 3. The molecule has 168 valence electrons. The molecule has 1 heterocycles. The molecule has 1 unspecified atom stereocenters. The van der Waals surface area contributed by atoms with Gasteiger partial charge >= 0.3 is 6.03 Å². The van der Waals surface area contributed by atoms with Crippen LogP contribution in [-0.2, 0) is 12.0 Å². The predicted molar refractivity (Wildman–Crippen MR) is 129 cm³/mol. The summed E-state index contributed by atoms with van der Waals surface area (Å²) in [6.45, 7) is 2.07.